The van der Waals surface area contributed by atoms with E-state index in [-0.39, 0.29) is 0 Å². The van der Waals surface area contributed by atoms with Gasteiger partial charge in [-0.1, -0.05) is 42.0 Å². The maximum atomic E-state index is 5.36. The molecule has 5 heteroatoms. The second-order valence-electron chi connectivity index (χ2n) is 7.14. The summed E-state index contributed by atoms with van der Waals surface area (Å²) in [6.45, 7) is 5.82. The van der Waals surface area contributed by atoms with E-state index in [1.165, 1.54) is 30.5 Å². The molecule has 1 aromatic carbocycles. The number of guanidine groups is 1. The highest BCUT2D eigenvalue weighted by Gasteiger charge is 2.20. The van der Waals surface area contributed by atoms with E-state index >= 15 is 0 Å². The molecule has 1 fully saturated rings. The molecule has 0 radical (unpaired) electrons. The molecular formula is C21H32N4O. The van der Waals surface area contributed by atoms with Crippen LogP contribution < -0.4 is 10.6 Å². The first-order valence-electron chi connectivity index (χ1n) is 9.82. The summed E-state index contributed by atoms with van der Waals surface area (Å²) < 4.78 is 5.36. The van der Waals surface area contributed by atoms with Gasteiger partial charge in [0.25, 0.3) is 0 Å². The van der Waals surface area contributed by atoms with Gasteiger partial charge in [-0.05, 0) is 37.8 Å². The predicted molar refractivity (Wildman–Crippen MR) is 107 cm³/mol. The van der Waals surface area contributed by atoms with Gasteiger partial charge in [-0.3, -0.25) is 9.89 Å². The van der Waals surface area contributed by atoms with Crippen LogP contribution in [0.5, 0.6) is 0 Å². The van der Waals surface area contributed by atoms with Gasteiger partial charge in [0.05, 0.1) is 13.2 Å². The standard InChI is InChI=1S/C21H32N4O/c1-22-21(23-12-9-18-10-14-26-15-11-18)24-20-8-5-13-25(17-20)16-19-6-3-2-4-7-19/h2-4,6-7,10,20H,5,8-9,11-17H2,1H3,(H2,22,23,24). The third-order valence-electron chi connectivity index (χ3n) is 5.11. The molecule has 1 aromatic rings. The molecule has 0 aromatic heterocycles. The molecule has 3 rings (SSSR count). The molecule has 5 nitrogen and oxygen atoms in total. The van der Waals surface area contributed by atoms with Crippen LogP contribution in [0.4, 0.5) is 0 Å². The highest BCUT2D eigenvalue weighted by molar-refractivity contribution is 5.80. The molecule has 2 aliphatic heterocycles. The van der Waals surface area contributed by atoms with Gasteiger partial charge in [0.1, 0.15) is 0 Å². The lowest BCUT2D eigenvalue weighted by Crippen LogP contribution is -2.51. The number of piperidine rings is 1. The Hall–Kier alpha value is -1.85. The first-order chi connectivity index (χ1) is 12.8. The van der Waals surface area contributed by atoms with Crippen molar-refractivity contribution >= 4 is 5.96 Å². The van der Waals surface area contributed by atoms with Crippen molar-refractivity contribution in [2.24, 2.45) is 4.99 Å². The normalized spacial score (nSPS) is 22.0. The molecule has 2 heterocycles. The fourth-order valence-electron chi connectivity index (χ4n) is 3.68. The van der Waals surface area contributed by atoms with Crippen LogP contribution in [0.3, 0.4) is 0 Å². The fraction of sp³-hybridized carbons (Fsp3) is 0.571. The monoisotopic (exact) mass is 356 g/mol. The summed E-state index contributed by atoms with van der Waals surface area (Å²) in [5.74, 6) is 0.921. The molecule has 0 bridgehead atoms. The lowest BCUT2D eigenvalue weighted by molar-refractivity contribution is 0.153. The Balaban J connectivity index is 1.41. The van der Waals surface area contributed by atoms with E-state index in [0.29, 0.717) is 6.04 Å². The quantitative estimate of drug-likeness (QED) is 0.467. The smallest absolute Gasteiger partial charge is 0.191 e. The summed E-state index contributed by atoms with van der Waals surface area (Å²) in [5, 5.41) is 7.08. The van der Waals surface area contributed by atoms with Crippen molar-refractivity contribution in [1.29, 1.82) is 0 Å². The van der Waals surface area contributed by atoms with Crippen molar-refractivity contribution < 1.29 is 4.74 Å². The third-order valence-corrected chi connectivity index (χ3v) is 5.11. The molecular weight excluding hydrogens is 324 g/mol. The van der Waals surface area contributed by atoms with E-state index in [4.69, 9.17) is 4.74 Å². The number of likely N-dealkylation sites (tertiary alicyclic amines) is 1. The van der Waals surface area contributed by atoms with Crippen LogP contribution in [-0.4, -0.2) is 56.8 Å². The Morgan fingerprint density at radius 3 is 2.96 bits per heavy atom. The highest BCUT2D eigenvalue weighted by atomic mass is 16.5. The highest BCUT2D eigenvalue weighted by Crippen LogP contribution is 2.14. The summed E-state index contributed by atoms with van der Waals surface area (Å²) >= 11 is 0. The van der Waals surface area contributed by atoms with E-state index in [1.54, 1.807) is 0 Å². The summed E-state index contributed by atoms with van der Waals surface area (Å²) in [5.41, 5.74) is 2.88. The minimum Gasteiger partial charge on any atom is -0.377 e. The van der Waals surface area contributed by atoms with Gasteiger partial charge in [0, 0.05) is 32.7 Å². The van der Waals surface area contributed by atoms with E-state index < -0.39 is 0 Å². The second kappa shape index (κ2) is 10.3. The van der Waals surface area contributed by atoms with Gasteiger partial charge in [-0.15, -0.1) is 0 Å². The molecule has 2 aliphatic rings. The average molecular weight is 357 g/mol. The number of nitrogens with one attached hydrogen (secondary N) is 2. The maximum Gasteiger partial charge on any atom is 0.191 e. The zero-order valence-electron chi connectivity index (χ0n) is 15.9. The Kier molecular flexibility index (Phi) is 7.52. The van der Waals surface area contributed by atoms with Crippen LogP contribution >= 0.6 is 0 Å². The third kappa shape index (κ3) is 6.15. The Bertz CT molecular complexity index is 599. The van der Waals surface area contributed by atoms with Crippen molar-refractivity contribution in [3.05, 3.63) is 47.5 Å². The largest absolute Gasteiger partial charge is 0.377 e. The molecule has 1 saturated heterocycles. The lowest BCUT2D eigenvalue weighted by Gasteiger charge is -2.34. The SMILES string of the molecule is CN=C(NCCC1=CCOCC1)NC1CCCN(Cc2ccccc2)C1. The van der Waals surface area contributed by atoms with Crippen LogP contribution in [0, 0.1) is 0 Å². The van der Waals surface area contributed by atoms with Crippen molar-refractivity contribution in [1.82, 2.24) is 15.5 Å². The fourth-order valence-corrected chi connectivity index (χ4v) is 3.68. The number of nitrogens with zero attached hydrogens (tertiary/aromatic N) is 2. The summed E-state index contributed by atoms with van der Waals surface area (Å²) in [4.78, 5) is 6.94. The van der Waals surface area contributed by atoms with Gasteiger partial charge in [-0.2, -0.15) is 0 Å². The minimum absolute atomic E-state index is 0.459. The lowest BCUT2D eigenvalue weighted by atomic mass is 10.0. The molecule has 0 saturated carbocycles. The van der Waals surface area contributed by atoms with Crippen LogP contribution in [-0.2, 0) is 11.3 Å². The van der Waals surface area contributed by atoms with Crippen LogP contribution in [0.2, 0.25) is 0 Å². The molecule has 0 aliphatic carbocycles. The molecule has 142 valence electrons. The number of rotatable bonds is 6. The molecule has 1 atom stereocenters. The molecule has 26 heavy (non-hydrogen) atoms. The summed E-state index contributed by atoms with van der Waals surface area (Å²) in [7, 11) is 1.85. The first kappa shape index (κ1) is 18.9. The topological polar surface area (TPSA) is 48.9 Å². The number of ether oxygens (including phenoxy) is 1. The van der Waals surface area contributed by atoms with Crippen molar-refractivity contribution in [3.63, 3.8) is 0 Å². The van der Waals surface area contributed by atoms with Crippen molar-refractivity contribution in [2.45, 2.75) is 38.3 Å². The van der Waals surface area contributed by atoms with E-state index in [1.807, 2.05) is 7.05 Å². The van der Waals surface area contributed by atoms with Crippen LogP contribution in [0.1, 0.15) is 31.2 Å². The molecule has 1 unspecified atom stereocenters. The minimum atomic E-state index is 0.459. The first-order valence-corrected chi connectivity index (χ1v) is 9.82. The van der Waals surface area contributed by atoms with Crippen LogP contribution in [0.15, 0.2) is 47.0 Å². The Morgan fingerprint density at radius 2 is 2.19 bits per heavy atom. The van der Waals surface area contributed by atoms with Gasteiger partial charge < -0.3 is 15.4 Å². The predicted octanol–water partition coefficient (Wildman–Crippen LogP) is 2.55. The van der Waals surface area contributed by atoms with E-state index in [9.17, 15) is 0 Å². The Morgan fingerprint density at radius 1 is 1.31 bits per heavy atom. The van der Waals surface area contributed by atoms with Gasteiger partial charge in [0.2, 0.25) is 0 Å². The maximum absolute atomic E-state index is 5.36. The summed E-state index contributed by atoms with van der Waals surface area (Å²) in [6.07, 6.45) is 6.77. The van der Waals surface area contributed by atoms with Gasteiger partial charge >= 0.3 is 0 Å². The van der Waals surface area contributed by atoms with Gasteiger partial charge in [-0.25, -0.2) is 0 Å². The average Bonchev–Trinajstić information content (AvgIpc) is 2.69. The second-order valence-corrected chi connectivity index (χ2v) is 7.14. The summed E-state index contributed by atoms with van der Waals surface area (Å²) in [6, 6.07) is 11.2. The molecule has 0 spiro atoms. The number of hydrogen-bond donors (Lipinski definition) is 2. The molecule has 2 N–H and O–H groups in total. The van der Waals surface area contributed by atoms with Crippen molar-refractivity contribution in [2.75, 3.05) is 39.9 Å². The van der Waals surface area contributed by atoms with Crippen molar-refractivity contribution in [3.8, 4) is 0 Å². The van der Waals surface area contributed by atoms with E-state index in [2.05, 4.69) is 56.9 Å². The molecule has 0 amide bonds. The number of hydrogen-bond acceptors (Lipinski definition) is 3. The zero-order chi connectivity index (χ0) is 18.0. The van der Waals surface area contributed by atoms with E-state index in [0.717, 1.165) is 51.6 Å². The van der Waals surface area contributed by atoms with Crippen LogP contribution in [0.25, 0.3) is 0 Å². The Labute approximate surface area is 157 Å². The zero-order valence-corrected chi connectivity index (χ0v) is 15.9. The van der Waals surface area contributed by atoms with Gasteiger partial charge in [0.15, 0.2) is 5.96 Å². The number of benzene rings is 1. The number of aliphatic imine (C=N–C) groups is 1.